The molecule has 1 fully saturated rings. The molecule has 1 atom stereocenters. The second-order valence-electron chi connectivity index (χ2n) is 7.58. The molecule has 30 heavy (non-hydrogen) atoms. The summed E-state index contributed by atoms with van der Waals surface area (Å²) in [6.07, 6.45) is 1.06. The molecule has 7 nitrogen and oxygen atoms in total. The number of carbonyl (C=O) groups excluding carboxylic acids is 1. The Labute approximate surface area is 174 Å². The van der Waals surface area contributed by atoms with Crippen molar-refractivity contribution in [2.75, 3.05) is 32.8 Å². The van der Waals surface area contributed by atoms with Gasteiger partial charge in [-0.25, -0.2) is 0 Å². The number of nitrogens with zero attached hydrogens (tertiary/aromatic N) is 2. The van der Waals surface area contributed by atoms with Crippen LogP contribution in [0.4, 0.5) is 0 Å². The minimum Gasteiger partial charge on any atom is -0.490 e. The number of hydrogen-bond donors (Lipinski definition) is 2. The number of β-amino-alcohol motifs (C(OH)–C–C–N with tert-alkyl or cyclic N) is 1. The van der Waals surface area contributed by atoms with Crippen molar-refractivity contribution in [3.8, 4) is 16.9 Å². The van der Waals surface area contributed by atoms with Gasteiger partial charge in [0.25, 0.3) is 0 Å². The van der Waals surface area contributed by atoms with Crippen LogP contribution in [-0.4, -0.2) is 59.4 Å². The zero-order valence-electron chi connectivity index (χ0n) is 16.9. The van der Waals surface area contributed by atoms with Gasteiger partial charge in [0.05, 0.1) is 6.54 Å². The highest BCUT2D eigenvalue weighted by molar-refractivity contribution is 5.99. The number of aliphatic hydroxyl groups is 1. The monoisotopic (exact) mass is 407 g/mol. The predicted octanol–water partition coefficient (Wildman–Crippen LogP) is 1.38. The topological polar surface area (TPSA) is 83.8 Å². The number of pyridine rings is 1. The number of aliphatic hydroxyl groups excluding tert-OH is 1. The molecule has 2 N–H and O–H groups in total. The van der Waals surface area contributed by atoms with Crippen LogP contribution in [0, 0.1) is 0 Å². The SMILES string of the molecule is Cn1cc(-c2c(OCC(O)CN3CCNC(=O)C3)ccc3ccccc23)ccc1=O. The molecule has 1 amide bonds. The minimum atomic E-state index is -0.727. The fourth-order valence-electron chi connectivity index (χ4n) is 3.80. The van der Waals surface area contributed by atoms with E-state index in [1.807, 2.05) is 41.3 Å². The highest BCUT2D eigenvalue weighted by atomic mass is 16.5. The summed E-state index contributed by atoms with van der Waals surface area (Å²) in [4.78, 5) is 25.3. The van der Waals surface area contributed by atoms with E-state index in [-0.39, 0.29) is 24.6 Å². The van der Waals surface area contributed by atoms with Crippen LogP contribution in [-0.2, 0) is 11.8 Å². The van der Waals surface area contributed by atoms with Crippen LogP contribution in [0.5, 0.6) is 5.75 Å². The van der Waals surface area contributed by atoms with Gasteiger partial charge in [0.2, 0.25) is 11.5 Å². The number of ether oxygens (including phenoxy) is 1. The Morgan fingerprint density at radius 1 is 1.13 bits per heavy atom. The third-order valence-corrected chi connectivity index (χ3v) is 5.28. The predicted molar refractivity (Wildman–Crippen MR) is 116 cm³/mol. The molecule has 3 aromatic rings. The smallest absolute Gasteiger partial charge is 0.250 e. The summed E-state index contributed by atoms with van der Waals surface area (Å²) in [5, 5.41) is 15.3. The molecular formula is C23H25N3O4. The molecule has 0 aliphatic carbocycles. The lowest BCUT2D eigenvalue weighted by molar-refractivity contribution is -0.124. The molecule has 1 saturated heterocycles. The minimum absolute atomic E-state index is 0.0270. The number of benzene rings is 2. The van der Waals surface area contributed by atoms with E-state index in [1.165, 1.54) is 10.6 Å². The third kappa shape index (κ3) is 4.37. The van der Waals surface area contributed by atoms with Gasteiger partial charge in [0, 0.05) is 50.1 Å². The van der Waals surface area contributed by atoms with Crippen molar-refractivity contribution >= 4 is 16.7 Å². The van der Waals surface area contributed by atoms with Crippen molar-refractivity contribution in [1.82, 2.24) is 14.8 Å². The van der Waals surface area contributed by atoms with Crippen molar-refractivity contribution in [1.29, 1.82) is 0 Å². The lowest BCUT2D eigenvalue weighted by atomic mass is 9.98. The Morgan fingerprint density at radius 3 is 2.77 bits per heavy atom. The number of carbonyl (C=O) groups is 1. The molecule has 0 saturated carbocycles. The van der Waals surface area contributed by atoms with Gasteiger partial charge in [0.15, 0.2) is 0 Å². The number of aromatic nitrogens is 1. The largest absolute Gasteiger partial charge is 0.490 e. The molecule has 1 aliphatic rings. The maximum atomic E-state index is 11.8. The Kier molecular flexibility index (Phi) is 5.83. The van der Waals surface area contributed by atoms with Gasteiger partial charge in [-0.15, -0.1) is 0 Å². The van der Waals surface area contributed by atoms with Crippen molar-refractivity contribution < 1.29 is 14.6 Å². The zero-order chi connectivity index (χ0) is 21.1. The van der Waals surface area contributed by atoms with Gasteiger partial charge in [-0.3, -0.25) is 14.5 Å². The Morgan fingerprint density at radius 2 is 1.97 bits per heavy atom. The van der Waals surface area contributed by atoms with Crippen LogP contribution in [0.1, 0.15) is 0 Å². The van der Waals surface area contributed by atoms with Gasteiger partial charge < -0.3 is 19.7 Å². The number of nitrogens with one attached hydrogen (secondary N) is 1. The molecule has 2 aromatic carbocycles. The molecule has 0 spiro atoms. The number of fused-ring (bicyclic) bond motifs is 1. The fourth-order valence-corrected chi connectivity index (χ4v) is 3.80. The second kappa shape index (κ2) is 8.69. The molecule has 1 aliphatic heterocycles. The first-order valence-corrected chi connectivity index (χ1v) is 10.00. The molecule has 0 bridgehead atoms. The molecule has 7 heteroatoms. The third-order valence-electron chi connectivity index (χ3n) is 5.28. The molecule has 1 aromatic heterocycles. The van der Waals surface area contributed by atoms with Gasteiger partial charge in [-0.2, -0.15) is 0 Å². The van der Waals surface area contributed by atoms with E-state index in [9.17, 15) is 14.7 Å². The number of aryl methyl sites for hydroxylation is 1. The van der Waals surface area contributed by atoms with Gasteiger partial charge in [0.1, 0.15) is 18.5 Å². The van der Waals surface area contributed by atoms with Crippen molar-refractivity contribution in [3.63, 3.8) is 0 Å². The van der Waals surface area contributed by atoms with Crippen LogP contribution in [0.15, 0.2) is 59.5 Å². The number of hydrogen-bond acceptors (Lipinski definition) is 5. The molecule has 156 valence electrons. The van der Waals surface area contributed by atoms with Crippen LogP contribution in [0.3, 0.4) is 0 Å². The van der Waals surface area contributed by atoms with Crippen molar-refractivity contribution in [2.45, 2.75) is 6.10 Å². The highest BCUT2D eigenvalue weighted by Crippen LogP contribution is 2.36. The summed E-state index contributed by atoms with van der Waals surface area (Å²) in [5.74, 6) is 0.614. The highest BCUT2D eigenvalue weighted by Gasteiger charge is 2.20. The Bertz CT molecular complexity index is 1120. The van der Waals surface area contributed by atoms with E-state index < -0.39 is 6.10 Å². The lowest BCUT2D eigenvalue weighted by Crippen LogP contribution is -2.50. The van der Waals surface area contributed by atoms with E-state index in [0.29, 0.717) is 25.4 Å². The maximum Gasteiger partial charge on any atom is 0.250 e. The molecule has 4 rings (SSSR count). The second-order valence-corrected chi connectivity index (χ2v) is 7.58. The van der Waals surface area contributed by atoms with E-state index in [4.69, 9.17) is 4.74 Å². The first-order chi connectivity index (χ1) is 14.5. The van der Waals surface area contributed by atoms with E-state index in [0.717, 1.165) is 21.9 Å². The van der Waals surface area contributed by atoms with E-state index >= 15 is 0 Å². The molecule has 2 heterocycles. The quantitative estimate of drug-likeness (QED) is 0.645. The standard InChI is InChI=1S/C23H25N3O4/c1-25-12-17(7-9-22(25)29)23-19-5-3-2-4-16(19)6-8-20(23)30-15-18(27)13-26-11-10-24-21(28)14-26/h2-9,12,18,27H,10-11,13-15H2,1H3,(H,24,28). The number of rotatable bonds is 6. The Hall–Kier alpha value is -3.16. The summed E-state index contributed by atoms with van der Waals surface area (Å²) in [5.41, 5.74) is 1.67. The average molecular weight is 407 g/mol. The van der Waals surface area contributed by atoms with Crippen LogP contribution in [0.25, 0.3) is 21.9 Å². The summed E-state index contributed by atoms with van der Waals surface area (Å²) in [7, 11) is 1.72. The first kappa shape index (κ1) is 20.1. The maximum absolute atomic E-state index is 11.8. The van der Waals surface area contributed by atoms with Gasteiger partial charge in [-0.05, 0) is 22.9 Å². The van der Waals surface area contributed by atoms with Gasteiger partial charge in [-0.1, -0.05) is 30.3 Å². The molecule has 1 unspecified atom stereocenters. The van der Waals surface area contributed by atoms with E-state index in [2.05, 4.69) is 5.32 Å². The fraction of sp³-hybridized carbons (Fsp3) is 0.304. The normalized spacial score (nSPS) is 15.7. The summed E-state index contributed by atoms with van der Waals surface area (Å²) in [6.45, 7) is 2.07. The summed E-state index contributed by atoms with van der Waals surface area (Å²) >= 11 is 0. The average Bonchev–Trinajstić information content (AvgIpc) is 2.74. The van der Waals surface area contributed by atoms with Crippen LogP contribution < -0.4 is 15.6 Å². The number of piperazine rings is 1. The lowest BCUT2D eigenvalue weighted by Gasteiger charge is -2.28. The summed E-state index contributed by atoms with van der Waals surface area (Å²) < 4.78 is 7.57. The molecule has 0 radical (unpaired) electrons. The Balaban J connectivity index is 1.59. The number of amides is 1. The van der Waals surface area contributed by atoms with Crippen molar-refractivity contribution in [3.05, 3.63) is 65.1 Å². The summed E-state index contributed by atoms with van der Waals surface area (Å²) in [6, 6.07) is 15.2. The molecular weight excluding hydrogens is 382 g/mol. The van der Waals surface area contributed by atoms with Crippen LogP contribution in [0.2, 0.25) is 0 Å². The van der Waals surface area contributed by atoms with Crippen molar-refractivity contribution in [2.24, 2.45) is 7.05 Å². The van der Waals surface area contributed by atoms with Gasteiger partial charge >= 0.3 is 0 Å². The van der Waals surface area contributed by atoms with Crippen LogP contribution >= 0.6 is 0 Å². The van der Waals surface area contributed by atoms with E-state index in [1.54, 1.807) is 19.3 Å². The zero-order valence-corrected chi connectivity index (χ0v) is 16.9. The first-order valence-electron chi connectivity index (χ1n) is 10.00.